The van der Waals surface area contributed by atoms with Gasteiger partial charge in [-0.2, -0.15) is 0 Å². The molecule has 0 bridgehead atoms. The van der Waals surface area contributed by atoms with E-state index in [1.807, 2.05) is 0 Å². The molecule has 3 heteroatoms. The molecule has 0 aromatic carbocycles. The SMILES string of the molecule is CCCNCc1c(C)cc(C)nc1N(C)C(C)C(C)(C)C. The molecule has 0 aliphatic carbocycles. The standard InChI is InChI=1S/C18H33N3/c1-9-10-19-12-16-13(2)11-14(3)20-17(16)21(8)15(4)18(5,6)7/h11,15,19H,9-10,12H2,1-8H3. The fraction of sp³-hybridized carbons (Fsp3) is 0.722. The second-order valence-electron chi connectivity index (χ2n) is 7.21. The van der Waals surface area contributed by atoms with E-state index in [1.54, 1.807) is 0 Å². The van der Waals surface area contributed by atoms with Crippen molar-refractivity contribution >= 4 is 5.82 Å². The quantitative estimate of drug-likeness (QED) is 0.801. The number of rotatable bonds is 6. The van der Waals surface area contributed by atoms with Crippen LogP contribution in [-0.2, 0) is 6.54 Å². The molecule has 0 aliphatic rings. The second-order valence-corrected chi connectivity index (χ2v) is 7.21. The lowest BCUT2D eigenvalue weighted by Crippen LogP contribution is -2.40. The summed E-state index contributed by atoms with van der Waals surface area (Å²) in [5.41, 5.74) is 3.97. The molecule has 0 radical (unpaired) electrons. The molecule has 1 heterocycles. The smallest absolute Gasteiger partial charge is 0.133 e. The maximum absolute atomic E-state index is 4.83. The van der Waals surface area contributed by atoms with Crippen LogP contribution >= 0.6 is 0 Å². The lowest BCUT2D eigenvalue weighted by Gasteiger charge is -2.37. The molecule has 1 unspecified atom stereocenters. The van der Waals surface area contributed by atoms with Crippen molar-refractivity contribution in [1.82, 2.24) is 10.3 Å². The molecule has 0 spiro atoms. The van der Waals surface area contributed by atoms with E-state index in [0.717, 1.165) is 31.0 Å². The van der Waals surface area contributed by atoms with Crippen LogP contribution in [0.4, 0.5) is 5.82 Å². The van der Waals surface area contributed by atoms with E-state index in [0.29, 0.717) is 6.04 Å². The van der Waals surface area contributed by atoms with Crippen LogP contribution in [0.5, 0.6) is 0 Å². The van der Waals surface area contributed by atoms with Gasteiger partial charge in [0.1, 0.15) is 5.82 Å². The molecule has 1 N–H and O–H groups in total. The monoisotopic (exact) mass is 291 g/mol. The summed E-state index contributed by atoms with van der Waals surface area (Å²) in [7, 11) is 2.17. The maximum atomic E-state index is 4.83. The van der Waals surface area contributed by atoms with Crippen molar-refractivity contribution in [1.29, 1.82) is 0 Å². The third-order valence-electron chi connectivity index (χ3n) is 4.35. The highest BCUT2D eigenvalue weighted by atomic mass is 15.2. The van der Waals surface area contributed by atoms with E-state index in [2.05, 4.69) is 71.8 Å². The number of nitrogens with zero attached hydrogens (tertiary/aromatic N) is 2. The average molecular weight is 291 g/mol. The normalized spacial score (nSPS) is 13.3. The van der Waals surface area contributed by atoms with Crippen LogP contribution in [-0.4, -0.2) is 24.6 Å². The number of hydrogen-bond donors (Lipinski definition) is 1. The van der Waals surface area contributed by atoms with Gasteiger partial charge in [0.05, 0.1) is 0 Å². The van der Waals surface area contributed by atoms with Gasteiger partial charge in [0.2, 0.25) is 0 Å². The van der Waals surface area contributed by atoms with Gasteiger partial charge in [-0.3, -0.25) is 0 Å². The second kappa shape index (κ2) is 7.26. The first-order chi connectivity index (χ1) is 9.68. The van der Waals surface area contributed by atoms with Gasteiger partial charge in [0, 0.05) is 30.9 Å². The summed E-state index contributed by atoms with van der Waals surface area (Å²) < 4.78 is 0. The van der Waals surface area contributed by atoms with Crippen LogP contribution in [0.15, 0.2) is 6.07 Å². The van der Waals surface area contributed by atoms with Gasteiger partial charge in [-0.05, 0) is 50.8 Å². The minimum absolute atomic E-state index is 0.224. The fourth-order valence-corrected chi connectivity index (χ4v) is 2.51. The van der Waals surface area contributed by atoms with E-state index < -0.39 is 0 Å². The van der Waals surface area contributed by atoms with Crippen molar-refractivity contribution in [2.24, 2.45) is 5.41 Å². The highest BCUT2D eigenvalue weighted by Gasteiger charge is 2.26. The van der Waals surface area contributed by atoms with Crippen LogP contribution < -0.4 is 10.2 Å². The lowest BCUT2D eigenvalue weighted by molar-refractivity contribution is 0.328. The predicted octanol–water partition coefficient (Wildman–Crippen LogP) is 4.07. The Bertz CT molecular complexity index is 460. The minimum atomic E-state index is 0.224. The first-order valence-electron chi connectivity index (χ1n) is 8.09. The van der Waals surface area contributed by atoms with Gasteiger partial charge in [0.15, 0.2) is 0 Å². The van der Waals surface area contributed by atoms with E-state index in [4.69, 9.17) is 4.98 Å². The highest BCUT2D eigenvalue weighted by molar-refractivity contribution is 5.52. The minimum Gasteiger partial charge on any atom is -0.356 e. The summed E-state index contributed by atoms with van der Waals surface area (Å²) in [4.78, 5) is 7.17. The Morgan fingerprint density at radius 2 is 1.90 bits per heavy atom. The van der Waals surface area contributed by atoms with Crippen molar-refractivity contribution in [2.75, 3.05) is 18.5 Å². The fourth-order valence-electron chi connectivity index (χ4n) is 2.51. The highest BCUT2D eigenvalue weighted by Crippen LogP contribution is 2.29. The summed E-state index contributed by atoms with van der Waals surface area (Å²) in [6.07, 6.45) is 1.15. The maximum Gasteiger partial charge on any atom is 0.133 e. The molecule has 0 fully saturated rings. The Labute approximate surface area is 131 Å². The predicted molar refractivity (Wildman–Crippen MR) is 93.0 cm³/mol. The van der Waals surface area contributed by atoms with Gasteiger partial charge in [-0.25, -0.2) is 4.98 Å². The third kappa shape index (κ3) is 4.70. The Kier molecular flexibility index (Phi) is 6.21. The van der Waals surface area contributed by atoms with Crippen LogP contribution in [0.3, 0.4) is 0 Å². The molecule has 1 atom stereocenters. The molecule has 1 rings (SSSR count). The lowest BCUT2D eigenvalue weighted by atomic mass is 9.87. The Hall–Kier alpha value is -1.09. The molecular formula is C18H33N3. The van der Waals surface area contributed by atoms with Gasteiger partial charge in [-0.1, -0.05) is 27.7 Å². The van der Waals surface area contributed by atoms with Gasteiger partial charge in [-0.15, -0.1) is 0 Å². The summed E-state index contributed by atoms with van der Waals surface area (Å²) in [6, 6.07) is 2.61. The topological polar surface area (TPSA) is 28.2 Å². The van der Waals surface area contributed by atoms with Crippen molar-refractivity contribution < 1.29 is 0 Å². The zero-order chi connectivity index (χ0) is 16.2. The molecule has 0 amide bonds. The first-order valence-corrected chi connectivity index (χ1v) is 8.09. The average Bonchev–Trinajstić information content (AvgIpc) is 2.38. The summed E-state index contributed by atoms with van der Waals surface area (Å²) in [6.45, 7) is 17.5. The largest absolute Gasteiger partial charge is 0.356 e. The van der Waals surface area contributed by atoms with E-state index in [-0.39, 0.29) is 5.41 Å². The molecule has 0 saturated heterocycles. The zero-order valence-corrected chi connectivity index (χ0v) is 15.2. The summed E-state index contributed by atoms with van der Waals surface area (Å²) >= 11 is 0. The first kappa shape index (κ1) is 18.0. The van der Waals surface area contributed by atoms with Crippen molar-refractivity contribution in [3.05, 3.63) is 22.9 Å². The summed E-state index contributed by atoms with van der Waals surface area (Å²) in [5.74, 6) is 1.12. The number of aryl methyl sites for hydroxylation is 2. The van der Waals surface area contributed by atoms with Gasteiger partial charge < -0.3 is 10.2 Å². The van der Waals surface area contributed by atoms with Crippen LogP contribution in [0, 0.1) is 19.3 Å². The molecule has 0 aliphatic heterocycles. The molecule has 3 nitrogen and oxygen atoms in total. The Balaban J connectivity index is 3.14. The Morgan fingerprint density at radius 3 is 2.43 bits per heavy atom. The number of nitrogens with one attached hydrogen (secondary N) is 1. The van der Waals surface area contributed by atoms with E-state index in [1.165, 1.54) is 11.1 Å². The van der Waals surface area contributed by atoms with Crippen LogP contribution in [0.25, 0.3) is 0 Å². The third-order valence-corrected chi connectivity index (χ3v) is 4.35. The van der Waals surface area contributed by atoms with Crippen molar-refractivity contribution in [2.45, 2.75) is 67.5 Å². The zero-order valence-electron chi connectivity index (χ0n) is 15.2. The van der Waals surface area contributed by atoms with Gasteiger partial charge >= 0.3 is 0 Å². The molecular weight excluding hydrogens is 258 g/mol. The number of aromatic nitrogens is 1. The molecule has 21 heavy (non-hydrogen) atoms. The number of anilines is 1. The van der Waals surface area contributed by atoms with Crippen molar-refractivity contribution in [3.8, 4) is 0 Å². The van der Waals surface area contributed by atoms with Gasteiger partial charge in [0.25, 0.3) is 0 Å². The van der Waals surface area contributed by atoms with E-state index in [9.17, 15) is 0 Å². The molecule has 1 aromatic heterocycles. The summed E-state index contributed by atoms with van der Waals surface area (Å²) in [5, 5.41) is 3.52. The number of hydrogen-bond acceptors (Lipinski definition) is 3. The Morgan fingerprint density at radius 1 is 1.29 bits per heavy atom. The van der Waals surface area contributed by atoms with Crippen molar-refractivity contribution in [3.63, 3.8) is 0 Å². The van der Waals surface area contributed by atoms with E-state index >= 15 is 0 Å². The molecule has 0 saturated carbocycles. The number of pyridine rings is 1. The van der Waals surface area contributed by atoms with Crippen LogP contribution in [0.2, 0.25) is 0 Å². The molecule has 1 aromatic rings. The molecule has 120 valence electrons. The van der Waals surface area contributed by atoms with Crippen LogP contribution in [0.1, 0.15) is 57.9 Å².